The fourth-order valence-electron chi connectivity index (χ4n) is 5.08. The van der Waals surface area contributed by atoms with Crippen LogP contribution in [0, 0.1) is 17.7 Å². The number of carbonyl (C=O) groups excluding carboxylic acids is 1. The van der Waals surface area contributed by atoms with Gasteiger partial charge in [0.1, 0.15) is 5.82 Å². The van der Waals surface area contributed by atoms with E-state index in [1.54, 1.807) is 12.3 Å². The molecule has 1 aromatic heterocycles. The van der Waals surface area contributed by atoms with Gasteiger partial charge < -0.3 is 5.32 Å². The quantitative estimate of drug-likeness (QED) is 0.710. The normalized spacial score (nSPS) is 21.4. The van der Waals surface area contributed by atoms with Crippen LogP contribution >= 0.6 is 0 Å². The number of likely N-dealkylation sites (tertiary alicyclic amines) is 1. The van der Waals surface area contributed by atoms with Gasteiger partial charge in [0.05, 0.1) is 11.7 Å². The highest BCUT2D eigenvalue weighted by Crippen LogP contribution is 2.31. The third kappa shape index (κ3) is 5.45. The number of hydrogen-bond donors (Lipinski definition) is 1. The summed E-state index contributed by atoms with van der Waals surface area (Å²) in [5, 5.41) is 3.32. The first-order valence-corrected chi connectivity index (χ1v) is 11.3. The van der Waals surface area contributed by atoms with Crippen molar-refractivity contribution in [2.24, 2.45) is 11.8 Å². The largest absolute Gasteiger partial charge is 0.347 e. The molecule has 30 heavy (non-hydrogen) atoms. The Morgan fingerprint density at radius 2 is 1.90 bits per heavy atom. The van der Waals surface area contributed by atoms with Crippen LogP contribution in [0.25, 0.3) is 0 Å². The van der Waals surface area contributed by atoms with Crippen LogP contribution in [0.3, 0.4) is 0 Å². The minimum absolute atomic E-state index is 0.0940. The van der Waals surface area contributed by atoms with Crippen LogP contribution < -0.4 is 5.32 Å². The van der Waals surface area contributed by atoms with Gasteiger partial charge in [-0.1, -0.05) is 37.1 Å². The zero-order chi connectivity index (χ0) is 20.8. The van der Waals surface area contributed by atoms with Crippen LogP contribution in [0.2, 0.25) is 0 Å². The fourth-order valence-corrected chi connectivity index (χ4v) is 5.08. The van der Waals surface area contributed by atoms with E-state index in [4.69, 9.17) is 0 Å². The molecular weight excluding hydrogens is 377 g/mol. The van der Waals surface area contributed by atoms with Gasteiger partial charge in [-0.25, -0.2) is 4.39 Å². The molecule has 4 nitrogen and oxygen atoms in total. The second-order valence-electron chi connectivity index (χ2n) is 8.88. The number of nitrogens with zero attached hydrogens (tertiary/aromatic N) is 2. The molecule has 160 valence electrons. The standard InChI is InChI=1S/C25H32FN3O/c26-22-12-4-3-10-20(22)17-29-15-7-11-21(18-29)25(23-13-5-6-14-27-23)28-24(30)16-19-8-1-2-9-19/h3-6,10,12-14,19,21,25H,1-2,7-9,11,15-18H2,(H,28,30)/t21-,25+/m1/s1. The van der Waals surface area contributed by atoms with E-state index in [2.05, 4.69) is 15.2 Å². The smallest absolute Gasteiger partial charge is 0.220 e. The van der Waals surface area contributed by atoms with Crippen LogP contribution in [0.1, 0.15) is 62.2 Å². The van der Waals surface area contributed by atoms with Gasteiger partial charge in [0.2, 0.25) is 5.91 Å². The number of hydrogen-bond acceptors (Lipinski definition) is 3. The minimum Gasteiger partial charge on any atom is -0.347 e. The van der Waals surface area contributed by atoms with E-state index in [1.807, 2.05) is 30.3 Å². The first-order chi connectivity index (χ1) is 14.7. The molecule has 2 aliphatic rings. The summed E-state index contributed by atoms with van der Waals surface area (Å²) in [6, 6.07) is 12.8. The summed E-state index contributed by atoms with van der Waals surface area (Å²) in [5.74, 6) is 0.792. The van der Waals surface area contributed by atoms with E-state index in [0.29, 0.717) is 18.9 Å². The molecule has 1 aliphatic heterocycles. The van der Waals surface area contributed by atoms with Gasteiger partial charge in [-0.3, -0.25) is 14.7 Å². The van der Waals surface area contributed by atoms with Crippen molar-refractivity contribution < 1.29 is 9.18 Å². The maximum absolute atomic E-state index is 14.1. The van der Waals surface area contributed by atoms with Gasteiger partial charge in [0.15, 0.2) is 0 Å². The molecule has 1 amide bonds. The topological polar surface area (TPSA) is 45.2 Å². The van der Waals surface area contributed by atoms with Gasteiger partial charge in [-0.2, -0.15) is 0 Å². The number of carbonyl (C=O) groups is 1. The van der Waals surface area contributed by atoms with E-state index in [1.165, 1.54) is 31.7 Å². The second-order valence-corrected chi connectivity index (χ2v) is 8.88. The molecule has 2 heterocycles. The highest BCUT2D eigenvalue weighted by Gasteiger charge is 2.31. The molecule has 1 aliphatic carbocycles. The molecule has 0 unspecified atom stereocenters. The molecule has 0 radical (unpaired) electrons. The molecule has 2 atom stereocenters. The number of nitrogens with one attached hydrogen (secondary N) is 1. The number of halogens is 1. The summed E-state index contributed by atoms with van der Waals surface area (Å²) in [5.41, 5.74) is 1.66. The average Bonchev–Trinajstić information content (AvgIpc) is 3.27. The lowest BCUT2D eigenvalue weighted by Crippen LogP contribution is -2.43. The third-order valence-electron chi connectivity index (χ3n) is 6.64. The van der Waals surface area contributed by atoms with Gasteiger partial charge in [-0.15, -0.1) is 0 Å². The van der Waals surface area contributed by atoms with Crippen LogP contribution in [0.5, 0.6) is 0 Å². The van der Waals surface area contributed by atoms with Gasteiger partial charge in [-0.05, 0) is 62.3 Å². The number of aromatic nitrogens is 1. The van der Waals surface area contributed by atoms with Crippen LogP contribution in [0.4, 0.5) is 4.39 Å². The van der Waals surface area contributed by atoms with Crippen molar-refractivity contribution in [1.29, 1.82) is 0 Å². The number of benzene rings is 1. The summed E-state index contributed by atoms with van der Waals surface area (Å²) in [6.07, 6.45) is 9.33. The van der Waals surface area contributed by atoms with Crippen molar-refractivity contribution in [1.82, 2.24) is 15.2 Å². The first kappa shape index (κ1) is 21.0. The Kier molecular flexibility index (Phi) is 7.11. The number of pyridine rings is 1. The molecule has 0 bridgehead atoms. The third-order valence-corrected chi connectivity index (χ3v) is 6.64. The Morgan fingerprint density at radius 3 is 2.67 bits per heavy atom. The number of piperidine rings is 1. The predicted octanol–water partition coefficient (Wildman–Crippen LogP) is 4.87. The van der Waals surface area contributed by atoms with Crippen LogP contribution in [0.15, 0.2) is 48.7 Å². The Labute approximate surface area is 178 Å². The van der Waals surface area contributed by atoms with E-state index < -0.39 is 0 Å². The molecule has 4 rings (SSSR count). The molecule has 5 heteroatoms. The van der Waals surface area contributed by atoms with E-state index in [0.717, 1.165) is 37.2 Å². The zero-order valence-electron chi connectivity index (χ0n) is 17.6. The fraction of sp³-hybridized carbons (Fsp3) is 0.520. The zero-order valence-corrected chi connectivity index (χ0v) is 17.6. The lowest BCUT2D eigenvalue weighted by atomic mass is 9.87. The molecule has 1 N–H and O–H groups in total. The predicted molar refractivity (Wildman–Crippen MR) is 116 cm³/mol. The van der Waals surface area contributed by atoms with E-state index in [-0.39, 0.29) is 23.7 Å². The van der Waals surface area contributed by atoms with Crippen molar-refractivity contribution in [2.45, 2.75) is 57.5 Å². The van der Waals surface area contributed by atoms with Crippen LogP contribution in [-0.4, -0.2) is 28.9 Å². The van der Waals surface area contributed by atoms with Crippen molar-refractivity contribution in [2.75, 3.05) is 13.1 Å². The van der Waals surface area contributed by atoms with Crippen LogP contribution in [-0.2, 0) is 11.3 Å². The summed E-state index contributed by atoms with van der Waals surface area (Å²) >= 11 is 0. The molecule has 1 aromatic carbocycles. The Morgan fingerprint density at radius 1 is 1.10 bits per heavy atom. The lowest BCUT2D eigenvalue weighted by Gasteiger charge is -2.37. The highest BCUT2D eigenvalue weighted by atomic mass is 19.1. The highest BCUT2D eigenvalue weighted by molar-refractivity contribution is 5.76. The molecular formula is C25H32FN3O. The summed E-state index contributed by atoms with van der Waals surface area (Å²) in [6.45, 7) is 2.39. The second kappa shape index (κ2) is 10.2. The molecule has 1 saturated carbocycles. The van der Waals surface area contributed by atoms with Crippen molar-refractivity contribution in [3.63, 3.8) is 0 Å². The SMILES string of the molecule is O=C(CC1CCCC1)N[C@H](c1ccccn1)[C@@H]1CCCN(Cc2ccccc2F)C1. The number of amides is 1. The average molecular weight is 410 g/mol. The maximum atomic E-state index is 14.1. The minimum atomic E-state index is -0.147. The van der Waals surface area contributed by atoms with Crippen molar-refractivity contribution in [3.8, 4) is 0 Å². The Balaban J connectivity index is 1.45. The van der Waals surface area contributed by atoms with E-state index >= 15 is 0 Å². The summed E-state index contributed by atoms with van der Waals surface area (Å²) < 4.78 is 14.1. The Hall–Kier alpha value is -2.27. The lowest BCUT2D eigenvalue weighted by molar-refractivity contribution is -0.123. The van der Waals surface area contributed by atoms with Gasteiger partial charge >= 0.3 is 0 Å². The summed E-state index contributed by atoms with van der Waals surface area (Å²) in [4.78, 5) is 19.7. The van der Waals surface area contributed by atoms with E-state index in [9.17, 15) is 9.18 Å². The molecule has 0 spiro atoms. The monoisotopic (exact) mass is 409 g/mol. The summed E-state index contributed by atoms with van der Waals surface area (Å²) in [7, 11) is 0. The molecule has 1 saturated heterocycles. The maximum Gasteiger partial charge on any atom is 0.220 e. The molecule has 2 aromatic rings. The van der Waals surface area contributed by atoms with Gasteiger partial charge in [0, 0.05) is 31.3 Å². The number of rotatable bonds is 7. The van der Waals surface area contributed by atoms with Gasteiger partial charge in [0.25, 0.3) is 0 Å². The Bertz CT molecular complexity index is 822. The van der Waals surface area contributed by atoms with Crippen molar-refractivity contribution in [3.05, 3.63) is 65.7 Å². The first-order valence-electron chi connectivity index (χ1n) is 11.3. The van der Waals surface area contributed by atoms with Crippen molar-refractivity contribution >= 4 is 5.91 Å². The molecule has 2 fully saturated rings.